The first-order valence-electron chi connectivity index (χ1n) is 6.10. The van der Waals surface area contributed by atoms with Gasteiger partial charge in [-0.3, -0.25) is 10.1 Å². The standard InChI is InChI=1S/C12H15N5O2S2/c1-13-10-8(5-4-6-9(10)17(18)19)7-20-12-15-14-11(21-12)16(2)3/h4-6,13H,7H2,1-3H3. The first-order chi connectivity index (χ1) is 10.0. The maximum absolute atomic E-state index is 11.0. The zero-order valence-corrected chi connectivity index (χ0v) is 13.5. The van der Waals surface area contributed by atoms with Gasteiger partial charge < -0.3 is 10.2 Å². The van der Waals surface area contributed by atoms with Gasteiger partial charge in [0.25, 0.3) is 5.69 Å². The number of nitrogens with zero attached hydrogens (tertiary/aromatic N) is 4. The highest BCUT2D eigenvalue weighted by Gasteiger charge is 2.16. The van der Waals surface area contributed by atoms with Crippen LogP contribution in [0.5, 0.6) is 0 Å². The van der Waals surface area contributed by atoms with E-state index in [9.17, 15) is 10.1 Å². The quantitative estimate of drug-likeness (QED) is 0.496. The molecule has 0 atom stereocenters. The highest BCUT2D eigenvalue weighted by Crippen LogP contribution is 2.34. The van der Waals surface area contributed by atoms with E-state index in [0.29, 0.717) is 11.4 Å². The smallest absolute Gasteiger partial charge is 0.292 e. The van der Waals surface area contributed by atoms with Gasteiger partial charge >= 0.3 is 0 Å². The van der Waals surface area contributed by atoms with Crippen molar-refractivity contribution in [1.82, 2.24) is 10.2 Å². The molecule has 0 aliphatic heterocycles. The lowest BCUT2D eigenvalue weighted by Gasteiger charge is -2.08. The molecule has 112 valence electrons. The van der Waals surface area contributed by atoms with Gasteiger partial charge in [0.1, 0.15) is 5.69 Å². The Kier molecular flexibility index (Phi) is 4.97. The fraction of sp³-hybridized carbons (Fsp3) is 0.333. The van der Waals surface area contributed by atoms with Crippen LogP contribution < -0.4 is 10.2 Å². The summed E-state index contributed by atoms with van der Waals surface area (Å²) < 4.78 is 0.840. The fourth-order valence-corrected chi connectivity index (χ4v) is 3.48. The van der Waals surface area contributed by atoms with Crippen LogP contribution >= 0.6 is 23.1 Å². The molecular formula is C12H15N5O2S2. The van der Waals surface area contributed by atoms with E-state index in [4.69, 9.17) is 0 Å². The molecule has 1 aromatic heterocycles. The summed E-state index contributed by atoms with van der Waals surface area (Å²) in [5.74, 6) is 0.597. The predicted octanol–water partition coefficient (Wildman–Crippen LogP) is 2.85. The number of rotatable bonds is 6. The van der Waals surface area contributed by atoms with Crippen molar-refractivity contribution < 1.29 is 4.92 Å². The van der Waals surface area contributed by atoms with Gasteiger partial charge in [0.15, 0.2) is 4.34 Å². The third-order valence-corrected chi connectivity index (χ3v) is 4.98. The Morgan fingerprint density at radius 2 is 2.19 bits per heavy atom. The van der Waals surface area contributed by atoms with E-state index in [-0.39, 0.29) is 10.6 Å². The zero-order chi connectivity index (χ0) is 15.4. The van der Waals surface area contributed by atoms with Gasteiger partial charge in [0, 0.05) is 33.0 Å². The van der Waals surface area contributed by atoms with Crippen molar-refractivity contribution >= 4 is 39.6 Å². The summed E-state index contributed by atoms with van der Waals surface area (Å²) in [5, 5.41) is 22.9. The molecule has 1 aromatic carbocycles. The van der Waals surface area contributed by atoms with Gasteiger partial charge in [-0.25, -0.2) is 0 Å². The van der Waals surface area contributed by atoms with Crippen molar-refractivity contribution in [1.29, 1.82) is 0 Å². The van der Waals surface area contributed by atoms with Crippen LogP contribution in [0, 0.1) is 10.1 Å². The molecule has 0 saturated carbocycles. The van der Waals surface area contributed by atoms with Crippen LogP contribution in [0.3, 0.4) is 0 Å². The predicted molar refractivity (Wildman–Crippen MR) is 86.4 cm³/mol. The van der Waals surface area contributed by atoms with Gasteiger partial charge in [0.2, 0.25) is 5.13 Å². The Labute approximate surface area is 130 Å². The molecule has 0 aliphatic rings. The Morgan fingerprint density at radius 1 is 1.43 bits per heavy atom. The lowest BCUT2D eigenvalue weighted by Crippen LogP contribution is -2.07. The molecule has 7 nitrogen and oxygen atoms in total. The number of hydrogen-bond acceptors (Lipinski definition) is 8. The number of thioether (sulfide) groups is 1. The monoisotopic (exact) mass is 325 g/mol. The number of para-hydroxylation sites is 1. The summed E-state index contributed by atoms with van der Waals surface area (Å²) in [6.45, 7) is 0. The topological polar surface area (TPSA) is 84.2 Å². The molecule has 1 heterocycles. The minimum absolute atomic E-state index is 0.0850. The average molecular weight is 325 g/mol. The summed E-state index contributed by atoms with van der Waals surface area (Å²) >= 11 is 3.01. The van der Waals surface area contributed by atoms with Crippen molar-refractivity contribution in [3.63, 3.8) is 0 Å². The van der Waals surface area contributed by atoms with E-state index >= 15 is 0 Å². The second kappa shape index (κ2) is 6.72. The van der Waals surface area contributed by atoms with Gasteiger partial charge in [-0.1, -0.05) is 35.2 Å². The first-order valence-corrected chi connectivity index (χ1v) is 7.90. The maximum atomic E-state index is 11.0. The van der Waals surface area contributed by atoms with E-state index in [1.54, 1.807) is 13.1 Å². The molecule has 0 aliphatic carbocycles. The molecule has 1 N–H and O–H groups in total. The Balaban J connectivity index is 2.15. The molecule has 0 fully saturated rings. The minimum atomic E-state index is -0.380. The van der Waals surface area contributed by atoms with Crippen molar-refractivity contribution in [2.24, 2.45) is 0 Å². The lowest BCUT2D eigenvalue weighted by atomic mass is 10.1. The molecule has 0 saturated heterocycles. The number of aromatic nitrogens is 2. The van der Waals surface area contributed by atoms with E-state index < -0.39 is 0 Å². The molecule has 9 heteroatoms. The van der Waals surface area contributed by atoms with Crippen LogP contribution in [-0.2, 0) is 5.75 Å². The number of nitro benzene ring substituents is 1. The largest absolute Gasteiger partial charge is 0.382 e. The zero-order valence-electron chi connectivity index (χ0n) is 11.9. The molecule has 2 aromatic rings. The molecule has 0 amide bonds. The summed E-state index contributed by atoms with van der Waals surface area (Å²) in [7, 11) is 5.51. The van der Waals surface area contributed by atoms with Crippen LogP contribution in [0.25, 0.3) is 0 Å². The number of anilines is 2. The SMILES string of the molecule is CNc1c(CSc2nnc(N(C)C)s2)cccc1[N+](=O)[O-]. The number of nitro groups is 1. The summed E-state index contributed by atoms with van der Waals surface area (Å²) in [6.07, 6.45) is 0. The molecule has 21 heavy (non-hydrogen) atoms. The fourth-order valence-electron chi connectivity index (χ4n) is 1.73. The van der Waals surface area contributed by atoms with Crippen LogP contribution in [0.15, 0.2) is 22.5 Å². The van der Waals surface area contributed by atoms with Crippen LogP contribution in [-0.4, -0.2) is 36.3 Å². The van der Waals surface area contributed by atoms with Gasteiger partial charge in [-0.05, 0) is 5.56 Å². The average Bonchev–Trinajstić information content (AvgIpc) is 2.93. The van der Waals surface area contributed by atoms with Gasteiger partial charge in [0.05, 0.1) is 4.92 Å². The summed E-state index contributed by atoms with van der Waals surface area (Å²) in [6, 6.07) is 5.06. The second-order valence-corrected chi connectivity index (χ2v) is 6.53. The lowest BCUT2D eigenvalue weighted by molar-refractivity contribution is -0.384. The summed E-state index contributed by atoms with van der Waals surface area (Å²) in [5.41, 5.74) is 1.51. The number of hydrogen-bond donors (Lipinski definition) is 1. The third kappa shape index (κ3) is 3.61. The van der Waals surface area contributed by atoms with E-state index in [1.807, 2.05) is 25.1 Å². The molecular weight excluding hydrogens is 310 g/mol. The maximum Gasteiger partial charge on any atom is 0.292 e. The van der Waals surface area contributed by atoms with Gasteiger partial charge in [-0.2, -0.15) is 0 Å². The molecule has 0 spiro atoms. The second-order valence-electron chi connectivity index (χ2n) is 4.35. The van der Waals surface area contributed by atoms with Crippen LogP contribution in [0.2, 0.25) is 0 Å². The van der Waals surface area contributed by atoms with Crippen molar-refractivity contribution in [3.8, 4) is 0 Å². The van der Waals surface area contributed by atoms with E-state index in [0.717, 1.165) is 15.0 Å². The highest BCUT2D eigenvalue weighted by atomic mass is 32.2. The number of nitrogens with one attached hydrogen (secondary N) is 1. The molecule has 0 bridgehead atoms. The van der Waals surface area contributed by atoms with Crippen LogP contribution in [0.4, 0.5) is 16.5 Å². The third-order valence-electron chi connectivity index (χ3n) is 2.70. The van der Waals surface area contributed by atoms with E-state index in [2.05, 4.69) is 15.5 Å². The van der Waals surface area contributed by atoms with Crippen molar-refractivity contribution in [3.05, 3.63) is 33.9 Å². The van der Waals surface area contributed by atoms with Crippen LogP contribution in [0.1, 0.15) is 5.56 Å². The highest BCUT2D eigenvalue weighted by molar-refractivity contribution is 8.00. The van der Waals surface area contributed by atoms with Crippen molar-refractivity contribution in [2.75, 3.05) is 31.4 Å². The Hall–Kier alpha value is -1.87. The summed E-state index contributed by atoms with van der Waals surface area (Å²) in [4.78, 5) is 12.5. The normalized spacial score (nSPS) is 10.4. The van der Waals surface area contributed by atoms with Crippen molar-refractivity contribution in [2.45, 2.75) is 10.1 Å². The Bertz CT molecular complexity index is 644. The van der Waals surface area contributed by atoms with E-state index in [1.165, 1.54) is 29.2 Å². The molecule has 2 rings (SSSR count). The molecule has 0 radical (unpaired) electrons. The van der Waals surface area contributed by atoms with Gasteiger partial charge in [-0.15, -0.1) is 10.2 Å². The number of benzene rings is 1. The molecule has 0 unspecified atom stereocenters. The Morgan fingerprint density at radius 3 is 2.76 bits per heavy atom. The first kappa shape index (κ1) is 15.5. The minimum Gasteiger partial charge on any atom is -0.382 e.